The minimum absolute atomic E-state index is 0.249. The lowest BCUT2D eigenvalue weighted by Gasteiger charge is -2.13. The van der Waals surface area contributed by atoms with Crippen molar-refractivity contribution in [3.05, 3.63) is 95.7 Å². The van der Waals surface area contributed by atoms with Crippen LogP contribution < -0.4 is 10.1 Å². The van der Waals surface area contributed by atoms with Gasteiger partial charge in [0.1, 0.15) is 17.1 Å². The number of aryl methyl sites for hydroxylation is 1. The van der Waals surface area contributed by atoms with E-state index in [0.29, 0.717) is 35.9 Å². The number of aromatic nitrogens is 3. The van der Waals surface area contributed by atoms with Crippen LogP contribution >= 0.6 is 0 Å². The van der Waals surface area contributed by atoms with Crippen LogP contribution in [0.1, 0.15) is 28.5 Å². The minimum atomic E-state index is -0.332. The molecule has 0 spiro atoms. The van der Waals surface area contributed by atoms with Gasteiger partial charge in [0.05, 0.1) is 18.0 Å². The topological polar surface area (TPSA) is 61.1 Å². The van der Waals surface area contributed by atoms with Crippen molar-refractivity contribution >= 4 is 5.91 Å². The second-order valence-electron chi connectivity index (χ2n) is 6.99. The summed E-state index contributed by atoms with van der Waals surface area (Å²) < 4.78 is 22.6. The van der Waals surface area contributed by atoms with Gasteiger partial charge in [-0.25, -0.2) is 9.07 Å². The average molecular weight is 418 g/mol. The lowest BCUT2D eigenvalue weighted by atomic mass is 10.1. The van der Waals surface area contributed by atoms with Crippen molar-refractivity contribution in [3.8, 4) is 17.3 Å². The molecule has 0 bridgehead atoms. The number of hydrogen-bond acceptors (Lipinski definition) is 3. The Hall–Kier alpha value is -3.87. The van der Waals surface area contributed by atoms with Crippen LogP contribution in [0.2, 0.25) is 0 Å². The van der Waals surface area contributed by atoms with Gasteiger partial charge in [0, 0.05) is 24.5 Å². The third-order valence-electron chi connectivity index (χ3n) is 4.90. The van der Waals surface area contributed by atoms with Gasteiger partial charge in [-0.1, -0.05) is 18.2 Å². The Kier molecular flexibility index (Phi) is 5.84. The number of nitrogens with one attached hydrogen (secondary N) is 1. The second kappa shape index (κ2) is 8.87. The summed E-state index contributed by atoms with van der Waals surface area (Å²) in [5.74, 6) is 0.751. The molecular formula is C24H23FN4O2. The van der Waals surface area contributed by atoms with Gasteiger partial charge in [-0.15, -0.1) is 0 Å². The molecule has 0 fully saturated rings. The summed E-state index contributed by atoms with van der Waals surface area (Å²) in [4.78, 5) is 13.2. The first kappa shape index (κ1) is 20.4. The van der Waals surface area contributed by atoms with E-state index in [1.807, 2.05) is 60.3 Å². The molecule has 2 aromatic carbocycles. The fourth-order valence-corrected chi connectivity index (χ4v) is 3.47. The van der Waals surface area contributed by atoms with Crippen molar-refractivity contribution in [3.63, 3.8) is 0 Å². The smallest absolute Gasteiger partial charge is 0.257 e. The molecule has 7 heteroatoms. The summed E-state index contributed by atoms with van der Waals surface area (Å²) in [6, 6.07) is 17.4. The molecule has 4 aromatic rings. The maximum Gasteiger partial charge on any atom is 0.257 e. The van der Waals surface area contributed by atoms with Crippen LogP contribution in [0.25, 0.3) is 11.5 Å². The summed E-state index contributed by atoms with van der Waals surface area (Å²) in [6.45, 7) is 4.58. The normalized spacial score (nSPS) is 10.8. The predicted molar refractivity (Wildman–Crippen MR) is 116 cm³/mol. The van der Waals surface area contributed by atoms with Gasteiger partial charge < -0.3 is 14.6 Å². The standard InChI is InChI=1S/C24H23FN4O2/c1-3-31-21-9-5-4-8-18(21)16-26-23(30)22-17(2)27-29(20-12-10-19(25)11-13-20)24(22)28-14-6-7-15-28/h4-15H,3,16H2,1-2H3,(H,26,30). The maximum absolute atomic E-state index is 13.4. The SMILES string of the molecule is CCOc1ccccc1CNC(=O)c1c(C)nn(-c2ccc(F)cc2)c1-n1cccc1. The van der Waals surface area contributed by atoms with E-state index in [2.05, 4.69) is 10.4 Å². The van der Waals surface area contributed by atoms with Crippen LogP contribution in [0.4, 0.5) is 4.39 Å². The number of amides is 1. The third-order valence-corrected chi connectivity index (χ3v) is 4.90. The Morgan fingerprint density at radius 2 is 1.77 bits per heavy atom. The van der Waals surface area contributed by atoms with Gasteiger partial charge >= 0.3 is 0 Å². The molecule has 31 heavy (non-hydrogen) atoms. The molecular weight excluding hydrogens is 395 g/mol. The van der Waals surface area contributed by atoms with E-state index in [1.54, 1.807) is 23.7 Å². The number of carbonyl (C=O) groups excluding carboxylic acids is 1. The Bertz CT molecular complexity index is 1180. The molecule has 6 nitrogen and oxygen atoms in total. The lowest BCUT2D eigenvalue weighted by molar-refractivity contribution is 0.0950. The Labute approximate surface area is 179 Å². The number of para-hydroxylation sites is 1. The number of carbonyl (C=O) groups is 1. The van der Waals surface area contributed by atoms with Crippen LogP contribution in [0.3, 0.4) is 0 Å². The highest BCUT2D eigenvalue weighted by Gasteiger charge is 2.23. The van der Waals surface area contributed by atoms with Gasteiger partial charge in [0.2, 0.25) is 0 Å². The fraction of sp³-hybridized carbons (Fsp3) is 0.167. The van der Waals surface area contributed by atoms with Gasteiger partial charge in [-0.3, -0.25) is 4.79 Å². The van der Waals surface area contributed by atoms with Crippen LogP contribution in [-0.4, -0.2) is 26.9 Å². The first-order valence-corrected chi connectivity index (χ1v) is 10.1. The molecule has 1 N–H and O–H groups in total. The molecule has 4 rings (SSSR count). The molecule has 0 aliphatic rings. The van der Waals surface area contributed by atoms with E-state index in [1.165, 1.54) is 12.1 Å². The van der Waals surface area contributed by atoms with Gasteiger partial charge in [-0.05, 0) is 56.3 Å². The zero-order chi connectivity index (χ0) is 21.8. The first-order chi connectivity index (χ1) is 15.1. The van der Waals surface area contributed by atoms with Crippen LogP contribution in [0, 0.1) is 12.7 Å². The van der Waals surface area contributed by atoms with Crippen LogP contribution in [0.5, 0.6) is 5.75 Å². The molecule has 0 saturated heterocycles. The van der Waals surface area contributed by atoms with Crippen molar-refractivity contribution in [2.24, 2.45) is 0 Å². The molecule has 158 valence electrons. The summed E-state index contributed by atoms with van der Waals surface area (Å²) in [5, 5.41) is 7.56. The molecule has 0 aliphatic heterocycles. The van der Waals surface area contributed by atoms with Crippen LogP contribution in [-0.2, 0) is 6.54 Å². The van der Waals surface area contributed by atoms with Crippen molar-refractivity contribution in [1.82, 2.24) is 19.7 Å². The second-order valence-corrected chi connectivity index (χ2v) is 6.99. The molecule has 2 heterocycles. The van der Waals surface area contributed by atoms with E-state index >= 15 is 0 Å². The van der Waals surface area contributed by atoms with E-state index in [4.69, 9.17) is 4.74 Å². The van der Waals surface area contributed by atoms with Crippen molar-refractivity contribution in [1.29, 1.82) is 0 Å². The van der Waals surface area contributed by atoms with Crippen molar-refractivity contribution < 1.29 is 13.9 Å². The lowest BCUT2D eigenvalue weighted by Crippen LogP contribution is -2.25. The summed E-state index contributed by atoms with van der Waals surface area (Å²) in [6.07, 6.45) is 3.69. The Balaban J connectivity index is 1.70. The van der Waals surface area contributed by atoms with Crippen molar-refractivity contribution in [2.45, 2.75) is 20.4 Å². The number of rotatable bonds is 7. The Morgan fingerprint density at radius 1 is 1.06 bits per heavy atom. The number of benzene rings is 2. The maximum atomic E-state index is 13.4. The highest BCUT2D eigenvalue weighted by molar-refractivity contribution is 5.98. The summed E-state index contributed by atoms with van der Waals surface area (Å²) in [5.41, 5.74) is 2.58. The summed E-state index contributed by atoms with van der Waals surface area (Å²) in [7, 11) is 0. The predicted octanol–water partition coefficient (Wildman–Crippen LogP) is 4.44. The highest BCUT2D eigenvalue weighted by Crippen LogP contribution is 2.24. The van der Waals surface area contributed by atoms with E-state index in [9.17, 15) is 9.18 Å². The molecule has 0 atom stereocenters. The number of halogens is 1. The third kappa shape index (κ3) is 4.21. The molecule has 0 aliphatic carbocycles. The van der Waals surface area contributed by atoms with Gasteiger partial charge in [-0.2, -0.15) is 5.10 Å². The minimum Gasteiger partial charge on any atom is -0.494 e. The number of ether oxygens (including phenoxy) is 1. The van der Waals surface area contributed by atoms with E-state index in [0.717, 1.165) is 11.3 Å². The Morgan fingerprint density at radius 3 is 2.48 bits per heavy atom. The molecule has 0 saturated carbocycles. The number of hydrogen-bond donors (Lipinski definition) is 1. The quantitative estimate of drug-likeness (QED) is 0.483. The average Bonchev–Trinajstić information content (AvgIpc) is 3.41. The van der Waals surface area contributed by atoms with Crippen molar-refractivity contribution in [2.75, 3.05) is 6.61 Å². The first-order valence-electron chi connectivity index (χ1n) is 10.1. The van der Waals surface area contributed by atoms with E-state index in [-0.39, 0.29) is 11.7 Å². The molecule has 0 unspecified atom stereocenters. The highest BCUT2D eigenvalue weighted by atomic mass is 19.1. The van der Waals surface area contributed by atoms with Crippen LogP contribution in [0.15, 0.2) is 73.1 Å². The summed E-state index contributed by atoms with van der Waals surface area (Å²) >= 11 is 0. The van der Waals surface area contributed by atoms with Gasteiger partial charge in [0.25, 0.3) is 5.91 Å². The fourth-order valence-electron chi connectivity index (χ4n) is 3.47. The largest absolute Gasteiger partial charge is 0.494 e. The zero-order valence-electron chi connectivity index (χ0n) is 17.4. The monoisotopic (exact) mass is 418 g/mol. The molecule has 1 amide bonds. The molecule has 2 aromatic heterocycles. The van der Waals surface area contributed by atoms with E-state index < -0.39 is 0 Å². The zero-order valence-corrected chi connectivity index (χ0v) is 17.4. The molecule has 0 radical (unpaired) electrons. The number of nitrogens with zero attached hydrogens (tertiary/aromatic N) is 3. The van der Waals surface area contributed by atoms with Gasteiger partial charge in [0.15, 0.2) is 5.82 Å².